The highest BCUT2D eigenvalue weighted by atomic mass is 32.2. The topological polar surface area (TPSA) is 336 Å². The molecule has 0 fully saturated rings. The van der Waals surface area contributed by atoms with E-state index in [4.69, 9.17) is 14.4 Å². The van der Waals surface area contributed by atoms with Crippen LogP contribution in [0.3, 0.4) is 0 Å². The van der Waals surface area contributed by atoms with Crippen LogP contribution in [0.5, 0.6) is 0 Å². The number of fused-ring (bicyclic) bond motifs is 3. The Kier molecular flexibility index (Phi) is 15.1. The van der Waals surface area contributed by atoms with Crippen molar-refractivity contribution in [1.29, 1.82) is 0 Å². The van der Waals surface area contributed by atoms with E-state index in [0.29, 0.717) is 43.8 Å². The lowest BCUT2D eigenvalue weighted by molar-refractivity contribution is -0.432. The van der Waals surface area contributed by atoms with Gasteiger partial charge in [-0.2, -0.15) is 48.7 Å². The van der Waals surface area contributed by atoms with E-state index in [1.165, 1.54) is 60.7 Å². The molecule has 340 valence electrons. The molecule has 27 heteroatoms. The minimum atomic E-state index is -4.86. The molecule has 65 heavy (non-hydrogen) atoms. The molecule has 0 saturated carbocycles. The second kappa shape index (κ2) is 20.3. The Labute approximate surface area is 374 Å². The predicted molar refractivity (Wildman–Crippen MR) is 239 cm³/mol. The van der Waals surface area contributed by atoms with E-state index in [1.807, 2.05) is 6.07 Å². The molecule has 7 rings (SSSR count). The van der Waals surface area contributed by atoms with Crippen LogP contribution < -0.4 is 10.6 Å². The van der Waals surface area contributed by atoms with Crippen molar-refractivity contribution in [3.63, 3.8) is 0 Å². The zero-order chi connectivity index (χ0) is 47.0. The largest absolute Gasteiger partial charge is 0.370 e. The number of hydrogen-bond donors (Lipinski definition) is 7. The molecule has 7 N–H and O–H groups in total. The molecule has 0 radical (unpaired) electrons. The highest BCUT2D eigenvalue weighted by Gasteiger charge is 2.20. The third-order valence-corrected chi connectivity index (χ3v) is 12.1. The lowest BCUT2D eigenvalue weighted by Crippen LogP contribution is -2.12. The van der Waals surface area contributed by atoms with Crippen LogP contribution in [0.15, 0.2) is 146 Å². The van der Waals surface area contributed by atoms with Crippen LogP contribution in [-0.2, 0) is 49.8 Å². The van der Waals surface area contributed by atoms with Gasteiger partial charge in [-0.15, -0.1) is 14.5 Å². The number of hydrogen-bond acceptors (Lipinski definition) is 18. The van der Waals surface area contributed by atoms with Crippen molar-refractivity contribution in [1.82, 2.24) is 15.0 Å². The second-order valence-corrected chi connectivity index (χ2v) is 19.6. The second-order valence-electron chi connectivity index (χ2n) is 13.2. The van der Waals surface area contributed by atoms with E-state index < -0.39 is 62.0 Å². The maximum absolute atomic E-state index is 12.5. The number of anilines is 2. The summed E-state index contributed by atoms with van der Waals surface area (Å²) < 4.78 is 134. The smallest absolute Gasteiger partial charge is 0.295 e. The van der Waals surface area contributed by atoms with Crippen LogP contribution in [0.2, 0.25) is 0 Å². The first-order valence-corrected chi connectivity index (χ1v) is 24.8. The Morgan fingerprint density at radius 3 is 1.71 bits per heavy atom. The Morgan fingerprint density at radius 2 is 1.12 bits per heavy atom. The number of rotatable bonds is 16. The Balaban J connectivity index is 0.000000506. The van der Waals surface area contributed by atoms with Gasteiger partial charge < -0.3 is 10.6 Å². The number of aromatic nitrogens is 3. The summed E-state index contributed by atoms with van der Waals surface area (Å²) in [5, 5.41) is 35.7. The molecule has 1 heterocycles. The predicted octanol–water partition coefficient (Wildman–Crippen LogP) is 7.28. The quantitative estimate of drug-likeness (QED) is 0.0125. The zero-order valence-electron chi connectivity index (χ0n) is 32.7. The number of nitrogens with one attached hydrogen (secondary N) is 2. The molecule has 7 aromatic rings. The molecule has 0 amide bonds. The van der Waals surface area contributed by atoms with E-state index in [-0.39, 0.29) is 22.5 Å². The van der Waals surface area contributed by atoms with E-state index in [2.05, 4.69) is 40.4 Å². The zero-order valence-corrected chi connectivity index (χ0v) is 36.8. The fourth-order valence-corrected chi connectivity index (χ4v) is 8.39. The van der Waals surface area contributed by atoms with Crippen molar-refractivity contribution >= 4 is 109 Å². The number of nitrogens with zero attached hydrogens (tertiary/aromatic N) is 5. The molecule has 0 aliphatic carbocycles. The lowest BCUT2D eigenvalue weighted by Gasteiger charge is -2.08. The molecule has 0 unspecified atom stereocenters. The SMILES string of the molecule is O=S(=O)(O)CNc1ccc(N=Nc2ccc(C=Cc3ccc(-n4nc5cc(SOOO)c6ccccc6c5n4)cc3S(=O)(=O)O)c(S(=O)(=O)O)c2)cc1.O=S(=O)(O)CNc1ccccc1. The molecule has 0 atom stereocenters. The summed E-state index contributed by atoms with van der Waals surface area (Å²) in [6, 6.07) is 31.1. The van der Waals surface area contributed by atoms with Crippen LogP contribution in [0.4, 0.5) is 22.7 Å². The summed E-state index contributed by atoms with van der Waals surface area (Å²) in [5.41, 5.74) is 2.25. The van der Waals surface area contributed by atoms with Crippen LogP contribution in [-0.4, -0.2) is 83.9 Å². The van der Waals surface area contributed by atoms with Gasteiger partial charge >= 0.3 is 0 Å². The molecule has 6 aromatic carbocycles. The third-order valence-electron chi connectivity index (χ3n) is 8.57. The van der Waals surface area contributed by atoms with Crippen LogP contribution in [0.1, 0.15) is 11.1 Å². The molecule has 0 bridgehead atoms. The Morgan fingerprint density at radius 1 is 0.600 bits per heavy atom. The van der Waals surface area contributed by atoms with Crippen molar-refractivity contribution < 1.29 is 66.5 Å². The standard InChI is InChI=1S/C31H24N6O12S4.C7H9NO3S/c38-48-49-50-28-17-27-31(26-4-2-1-3-25(26)28)36-37(35-27)24-14-8-20(30(16-24)53(45,46)47)6-5-19-7-9-23(15-29(19)52(42,43)44)34-33-22-12-10-21(11-13-22)32-18-51(39,40)41;9-12(10,11)6-8-7-4-2-1-3-5-7/h1-17,32,38H,18H2,(H,39,40,41)(H,42,43,44)(H,45,46,47);1-5,8H,6H2,(H,9,10,11). The Hall–Kier alpha value is -6.21. The summed E-state index contributed by atoms with van der Waals surface area (Å²) in [6.45, 7) is 0. The molecule has 0 aliphatic rings. The van der Waals surface area contributed by atoms with Crippen molar-refractivity contribution in [2.45, 2.75) is 14.7 Å². The Bertz CT molecular complexity index is 3370. The molecule has 0 saturated heterocycles. The monoisotopic (exact) mass is 987 g/mol. The van der Waals surface area contributed by atoms with Crippen LogP contribution in [0, 0.1) is 0 Å². The minimum absolute atomic E-state index is 0.0261. The maximum atomic E-state index is 12.5. The van der Waals surface area contributed by atoms with Gasteiger partial charge in [-0.3, -0.25) is 18.2 Å². The van der Waals surface area contributed by atoms with Gasteiger partial charge in [0.15, 0.2) is 0 Å². The highest BCUT2D eigenvalue weighted by molar-refractivity contribution is 7.94. The van der Waals surface area contributed by atoms with E-state index in [9.17, 15) is 42.8 Å². The number of benzene rings is 6. The van der Waals surface area contributed by atoms with Gasteiger partial charge in [-0.25, -0.2) is 5.26 Å². The van der Waals surface area contributed by atoms with Gasteiger partial charge in [0.1, 0.15) is 32.6 Å². The third kappa shape index (κ3) is 13.7. The van der Waals surface area contributed by atoms with Crippen molar-refractivity contribution in [2.24, 2.45) is 10.2 Å². The van der Waals surface area contributed by atoms with E-state index in [0.717, 1.165) is 29.0 Å². The van der Waals surface area contributed by atoms with Crippen LogP contribution >= 0.6 is 12.0 Å². The van der Waals surface area contributed by atoms with Gasteiger partial charge in [-0.1, -0.05) is 71.8 Å². The first kappa shape index (κ1) is 48.3. The number of para-hydroxylation sites is 1. The molecule has 0 spiro atoms. The van der Waals surface area contributed by atoms with Gasteiger partial charge in [-0.05, 0) is 77.9 Å². The fourth-order valence-electron chi connectivity index (χ4n) is 5.75. The number of azo groups is 1. The molecule has 0 aliphatic heterocycles. The first-order chi connectivity index (χ1) is 30.7. The minimum Gasteiger partial charge on any atom is -0.370 e. The fraction of sp³-hybridized carbons (Fsp3) is 0.0526. The molecule has 1 aromatic heterocycles. The summed E-state index contributed by atoms with van der Waals surface area (Å²) in [5.74, 6) is -1.16. The van der Waals surface area contributed by atoms with E-state index in [1.54, 1.807) is 54.6 Å². The molecular weight excluding hydrogens is 955 g/mol. The maximum Gasteiger partial charge on any atom is 0.295 e. The van der Waals surface area contributed by atoms with Gasteiger partial charge in [0.05, 0.1) is 29.1 Å². The van der Waals surface area contributed by atoms with Crippen LogP contribution in [0.25, 0.3) is 39.6 Å². The van der Waals surface area contributed by atoms with Gasteiger partial charge in [0.2, 0.25) is 0 Å². The highest BCUT2D eigenvalue weighted by Crippen LogP contribution is 2.34. The summed E-state index contributed by atoms with van der Waals surface area (Å²) in [4.78, 5) is 0.568. The molecule has 22 nitrogen and oxygen atoms in total. The summed E-state index contributed by atoms with van der Waals surface area (Å²) in [6.07, 6.45) is 2.44. The van der Waals surface area contributed by atoms with Crippen molar-refractivity contribution in [3.8, 4) is 5.69 Å². The molecular formula is C38H33N7O15S5. The van der Waals surface area contributed by atoms with E-state index >= 15 is 0 Å². The first-order valence-electron chi connectivity index (χ1n) is 18.0. The summed E-state index contributed by atoms with van der Waals surface area (Å²) in [7, 11) is -17.9. The average molecular weight is 988 g/mol. The summed E-state index contributed by atoms with van der Waals surface area (Å²) >= 11 is 0.733. The van der Waals surface area contributed by atoms with Crippen molar-refractivity contribution in [3.05, 3.63) is 132 Å². The lowest BCUT2D eigenvalue weighted by atomic mass is 10.1. The van der Waals surface area contributed by atoms with Gasteiger partial charge in [0.25, 0.3) is 40.5 Å². The average Bonchev–Trinajstić information content (AvgIpc) is 3.70. The van der Waals surface area contributed by atoms with Crippen molar-refractivity contribution in [2.75, 3.05) is 22.4 Å². The normalized spacial score (nSPS) is 12.4. The van der Waals surface area contributed by atoms with Gasteiger partial charge in [0, 0.05) is 27.0 Å².